The van der Waals surface area contributed by atoms with Gasteiger partial charge in [-0.05, 0) is 31.7 Å². The zero-order valence-electron chi connectivity index (χ0n) is 12.7. The molecule has 2 atom stereocenters. The fraction of sp³-hybridized carbons (Fsp3) is 0.600. The molecule has 124 valence electrons. The van der Waals surface area contributed by atoms with Crippen LogP contribution in [0.5, 0.6) is 5.75 Å². The second-order valence-corrected chi connectivity index (χ2v) is 5.50. The van der Waals surface area contributed by atoms with Crippen molar-refractivity contribution in [2.24, 2.45) is 0 Å². The standard InChI is InChI=1S/C15H21F3N2O2/c1-11(19-9-14-10-20(2)7-8-21-14)12-3-5-13(6-4-12)22-15(16,17)18/h3-6,11,14,19H,7-10H2,1-2H3/t11-,14-/m1/s1. The Morgan fingerprint density at radius 1 is 1.36 bits per heavy atom. The Bertz CT molecular complexity index is 465. The topological polar surface area (TPSA) is 33.7 Å². The van der Waals surface area contributed by atoms with E-state index in [0.717, 1.165) is 25.3 Å². The van der Waals surface area contributed by atoms with Crippen LogP contribution in [0.1, 0.15) is 18.5 Å². The van der Waals surface area contributed by atoms with Gasteiger partial charge in [-0.1, -0.05) is 12.1 Å². The molecule has 22 heavy (non-hydrogen) atoms. The first-order chi connectivity index (χ1) is 10.3. The second kappa shape index (κ2) is 7.30. The number of morpholine rings is 1. The summed E-state index contributed by atoms with van der Waals surface area (Å²) in [6.45, 7) is 5.20. The molecule has 1 aromatic rings. The maximum atomic E-state index is 12.1. The van der Waals surface area contributed by atoms with Gasteiger partial charge in [0.05, 0.1) is 12.7 Å². The summed E-state index contributed by atoms with van der Waals surface area (Å²) in [5.41, 5.74) is 0.902. The molecule has 1 fully saturated rings. The minimum atomic E-state index is -4.66. The van der Waals surface area contributed by atoms with Gasteiger partial charge in [0, 0.05) is 25.7 Å². The summed E-state index contributed by atoms with van der Waals surface area (Å²) in [4.78, 5) is 2.21. The molecular weight excluding hydrogens is 297 g/mol. The minimum Gasteiger partial charge on any atom is -0.406 e. The molecule has 0 saturated carbocycles. The van der Waals surface area contributed by atoms with Gasteiger partial charge in [-0.25, -0.2) is 0 Å². The van der Waals surface area contributed by atoms with Crippen molar-refractivity contribution in [3.63, 3.8) is 0 Å². The molecule has 4 nitrogen and oxygen atoms in total. The second-order valence-electron chi connectivity index (χ2n) is 5.50. The summed E-state index contributed by atoms with van der Waals surface area (Å²) in [6.07, 6.45) is -4.52. The molecule has 0 radical (unpaired) electrons. The summed E-state index contributed by atoms with van der Waals surface area (Å²) in [6, 6.07) is 5.94. The van der Waals surface area contributed by atoms with E-state index in [9.17, 15) is 13.2 Å². The van der Waals surface area contributed by atoms with Crippen LogP contribution < -0.4 is 10.1 Å². The van der Waals surface area contributed by atoms with E-state index in [1.54, 1.807) is 12.1 Å². The number of alkyl halides is 3. The van der Waals surface area contributed by atoms with Crippen molar-refractivity contribution in [2.75, 3.05) is 33.3 Å². The van der Waals surface area contributed by atoms with Gasteiger partial charge in [-0.2, -0.15) is 0 Å². The molecule has 1 heterocycles. The van der Waals surface area contributed by atoms with Crippen molar-refractivity contribution >= 4 is 0 Å². The average Bonchev–Trinajstić information content (AvgIpc) is 2.44. The van der Waals surface area contributed by atoms with Crippen LogP contribution in [0, 0.1) is 0 Å². The highest BCUT2D eigenvalue weighted by Crippen LogP contribution is 2.24. The number of likely N-dealkylation sites (N-methyl/N-ethyl adjacent to an activating group) is 1. The molecule has 0 bridgehead atoms. The van der Waals surface area contributed by atoms with Crippen LogP contribution in [0.3, 0.4) is 0 Å². The van der Waals surface area contributed by atoms with E-state index in [2.05, 4.69) is 22.0 Å². The third-order valence-electron chi connectivity index (χ3n) is 3.61. The Labute approximate surface area is 128 Å². The fourth-order valence-corrected chi connectivity index (χ4v) is 2.37. The van der Waals surface area contributed by atoms with Gasteiger partial charge in [0.25, 0.3) is 0 Å². The van der Waals surface area contributed by atoms with Crippen LogP contribution in [0.25, 0.3) is 0 Å². The molecule has 0 spiro atoms. The van der Waals surface area contributed by atoms with Crippen molar-refractivity contribution in [1.29, 1.82) is 0 Å². The molecule has 0 amide bonds. The summed E-state index contributed by atoms with van der Waals surface area (Å²) < 4.78 is 45.8. The summed E-state index contributed by atoms with van der Waals surface area (Å²) in [5, 5.41) is 3.34. The van der Waals surface area contributed by atoms with Gasteiger partial charge in [0.1, 0.15) is 5.75 Å². The van der Waals surface area contributed by atoms with Crippen LogP contribution in [0.15, 0.2) is 24.3 Å². The summed E-state index contributed by atoms with van der Waals surface area (Å²) >= 11 is 0. The molecule has 0 unspecified atom stereocenters. The largest absolute Gasteiger partial charge is 0.573 e. The number of rotatable bonds is 5. The molecule has 0 aromatic heterocycles. The van der Waals surface area contributed by atoms with Crippen molar-refractivity contribution in [3.05, 3.63) is 29.8 Å². The average molecular weight is 318 g/mol. The molecule has 0 aliphatic carbocycles. The highest BCUT2D eigenvalue weighted by molar-refractivity contribution is 5.29. The number of benzene rings is 1. The summed E-state index contributed by atoms with van der Waals surface area (Å²) in [5.74, 6) is -0.208. The lowest BCUT2D eigenvalue weighted by Crippen LogP contribution is -2.45. The predicted octanol–water partition coefficient (Wildman–Crippen LogP) is 2.57. The number of ether oxygens (including phenoxy) is 2. The van der Waals surface area contributed by atoms with Gasteiger partial charge in [-0.3, -0.25) is 0 Å². The van der Waals surface area contributed by atoms with Gasteiger partial charge >= 0.3 is 6.36 Å². The van der Waals surface area contributed by atoms with Gasteiger partial charge in [-0.15, -0.1) is 13.2 Å². The Balaban J connectivity index is 1.83. The lowest BCUT2D eigenvalue weighted by molar-refractivity contribution is -0.274. The molecule has 1 aromatic carbocycles. The minimum absolute atomic E-state index is 0.0239. The lowest BCUT2D eigenvalue weighted by atomic mass is 10.1. The van der Waals surface area contributed by atoms with Crippen LogP contribution >= 0.6 is 0 Å². The number of nitrogens with one attached hydrogen (secondary N) is 1. The zero-order chi connectivity index (χ0) is 16.2. The van der Waals surface area contributed by atoms with Gasteiger partial charge in [0.2, 0.25) is 0 Å². The van der Waals surface area contributed by atoms with Crippen molar-refractivity contribution in [1.82, 2.24) is 10.2 Å². The fourth-order valence-electron chi connectivity index (χ4n) is 2.37. The first kappa shape index (κ1) is 17.1. The Hall–Kier alpha value is -1.31. The third-order valence-corrected chi connectivity index (χ3v) is 3.61. The van der Waals surface area contributed by atoms with E-state index in [1.165, 1.54) is 12.1 Å². The van der Waals surface area contributed by atoms with E-state index < -0.39 is 6.36 Å². The van der Waals surface area contributed by atoms with Crippen molar-refractivity contribution in [3.8, 4) is 5.75 Å². The van der Waals surface area contributed by atoms with Crippen molar-refractivity contribution < 1.29 is 22.6 Å². The van der Waals surface area contributed by atoms with Gasteiger partial charge < -0.3 is 19.7 Å². The van der Waals surface area contributed by atoms with Crippen LogP contribution in [-0.2, 0) is 4.74 Å². The van der Waals surface area contributed by atoms with Crippen LogP contribution in [-0.4, -0.2) is 50.7 Å². The van der Waals surface area contributed by atoms with Crippen LogP contribution in [0.4, 0.5) is 13.2 Å². The molecule has 1 saturated heterocycles. The predicted molar refractivity (Wildman–Crippen MR) is 76.8 cm³/mol. The molecule has 1 N–H and O–H groups in total. The molecule has 2 rings (SSSR count). The van der Waals surface area contributed by atoms with E-state index >= 15 is 0 Å². The van der Waals surface area contributed by atoms with E-state index in [0.29, 0.717) is 6.54 Å². The van der Waals surface area contributed by atoms with Crippen LogP contribution in [0.2, 0.25) is 0 Å². The number of halogens is 3. The van der Waals surface area contributed by atoms with E-state index in [-0.39, 0.29) is 17.9 Å². The smallest absolute Gasteiger partial charge is 0.406 e. The lowest BCUT2D eigenvalue weighted by Gasteiger charge is -2.31. The monoisotopic (exact) mass is 318 g/mol. The summed E-state index contributed by atoms with van der Waals surface area (Å²) in [7, 11) is 2.05. The maximum absolute atomic E-state index is 12.1. The molecule has 7 heteroatoms. The first-order valence-corrected chi connectivity index (χ1v) is 7.23. The Morgan fingerprint density at radius 3 is 2.64 bits per heavy atom. The van der Waals surface area contributed by atoms with E-state index in [1.807, 2.05) is 6.92 Å². The number of nitrogens with zero attached hydrogens (tertiary/aromatic N) is 1. The SMILES string of the molecule is C[C@@H](NC[C@@H]1CN(C)CCO1)c1ccc(OC(F)(F)F)cc1. The zero-order valence-corrected chi connectivity index (χ0v) is 12.7. The third kappa shape index (κ3) is 5.47. The molecule has 1 aliphatic rings. The maximum Gasteiger partial charge on any atom is 0.573 e. The number of hydrogen-bond donors (Lipinski definition) is 1. The normalized spacial score (nSPS) is 21.6. The number of hydrogen-bond acceptors (Lipinski definition) is 4. The highest BCUT2D eigenvalue weighted by Gasteiger charge is 2.31. The quantitative estimate of drug-likeness (QED) is 0.905. The van der Waals surface area contributed by atoms with Crippen molar-refractivity contribution in [2.45, 2.75) is 25.4 Å². The molecule has 1 aliphatic heterocycles. The highest BCUT2D eigenvalue weighted by atomic mass is 19.4. The Morgan fingerprint density at radius 2 is 2.05 bits per heavy atom. The van der Waals surface area contributed by atoms with E-state index in [4.69, 9.17) is 4.74 Å². The molecular formula is C15H21F3N2O2. The van der Waals surface area contributed by atoms with Gasteiger partial charge in [0.15, 0.2) is 0 Å². The Kier molecular flexibility index (Phi) is 5.66. The first-order valence-electron chi connectivity index (χ1n) is 7.23.